The quantitative estimate of drug-likeness (QED) is 0.478. The number of hydrogen-bond acceptors (Lipinski definition) is 1. The summed E-state index contributed by atoms with van der Waals surface area (Å²) in [6.07, 6.45) is 2.06. The van der Waals surface area contributed by atoms with Crippen LogP contribution in [0.3, 0.4) is 0 Å². The second-order valence-corrected chi connectivity index (χ2v) is 6.81. The highest BCUT2D eigenvalue weighted by atomic mass is 127. The van der Waals surface area contributed by atoms with Crippen LogP contribution in [-0.2, 0) is 0 Å². The minimum atomic E-state index is -0.0564. The van der Waals surface area contributed by atoms with Crippen molar-refractivity contribution in [2.75, 3.05) is 11.9 Å². The molecule has 0 radical (unpaired) electrons. The number of benzene rings is 1. The Morgan fingerprint density at radius 1 is 1.42 bits per heavy atom. The predicted octanol–water partition coefficient (Wildman–Crippen LogP) is 4.88. The van der Waals surface area contributed by atoms with Crippen LogP contribution in [0.1, 0.15) is 37.0 Å². The van der Waals surface area contributed by atoms with E-state index < -0.39 is 0 Å². The number of alkyl halides is 1. The Balaban J connectivity index is 2.77. The van der Waals surface area contributed by atoms with Gasteiger partial charge in [-0.2, -0.15) is 0 Å². The molecule has 19 heavy (non-hydrogen) atoms. The van der Waals surface area contributed by atoms with Crippen molar-refractivity contribution in [1.29, 1.82) is 0 Å². The molecular weight excluding hydrogens is 440 g/mol. The third-order valence-corrected chi connectivity index (χ3v) is 5.95. The summed E-state index contributed by atoms with van der Waals surface area (Å²) in [4.78, 5) is 12.2. The van der Waals surface area contributed by atoms with Gasteiger partial charge in [0.05, 0.1) is 5.56 Å². The molecule has 0 bridgehead atoms. The fourth-order valence-corrected chi connectivity index (χ4v) is 3.51. The van der Waals surface area contributed by atoms with Gasteiger partial charge in [-0.25, -0.2) is 0 Å². The van der Waals surface area contributed by atoms with E-state index >= 15 is 0 Å². The molecule has 0 saturated carbocycles. The van der Waals surface area contributed by atoms with E-state index in [1.54, 1.807) is 12.1 Å². The fraction of sp³-hybridized carbons (Fsp3) is 0.500. The number of nitrogens with one attached hydrogen (secondary N) is 1. The van der Waals surface area contributed by atoms with E-state index in [0.29, 0.717) is 17.1 Å². The Morgan fingerprint density at radius 2 is 2.05 bits per heavy atom. The number of carbonyl (C=O) groups excluding carboxylic acids is 1. The van der Waals surface area contributed by atoms with E-state index in [1.807, 2.05) is 6.07 Å². The van der Waals surface area contributed by atoms with E-state index in [1.165, 1.54) is 0 Å². The summed E-state index contributed by atoms with van der Waals surface area (Å²) in [6.45, 7) is 4.98. The molecule has 106 valence electrons. The molecule has 5 heteroatoms. The average Bonchev–Trinajstić information content (AvgIpc) is 2.43. The van der Waals surface area contributed by atoms with Crippen LogP contribution in [0.2, 0.25) is 5.02 Å². The standard InChI is InChI=1S/C14H18BrClINO/c1-3-14(4-2,8-15)9-18-13(19)11-7-10(16)5-6-12(11)17/h5-7H,3-4,8-9H2,1-2H3,(H,18,19). The molecule has 1 N–H and O–H groups in total. The minimum Gasteiger partial charge on any atom is -0.351 e. The zero-order valence-electron chi connectivity index (χ0n) is 11.1. The largest absolute Gasteiger partial charge is 0.351 e. The number of rotatable bonds is 6. The van der Waals surface area contributed by atoms with E-state index in [4.69, 9.17) is 11.6 Å². The third kappa shape index (κ3) is 4.60. The first kappa shape index (κ1) is 17.2. The zero-order chi connectivity index (χ0) is 14.5. The molecule has 1 amide bonds. The number of halogens is 3. The van der Waals surface area contributed by atoms with Crippen LogP contribution in [-0.4, -0.2) is 17.8 Å². The summed E-state index contributed by atoms with van der Waals surface area (Å²) in [5.41, 5.74) is 0.767. The van der Waals surface area contributed by atoms with Crippen molar-refractivity contribution in [3.8, 4) is 0 Å². The van der Waals surface area contributed by atoms with E-state index in [-0.39, 0.29) is 11.3 Å². The van der Waals surface area contributed by atoms with Crippen LogP contribution < -0.4 is 5.32 Å². The Bertz CT molecular complexity index is 441. The van der Waals surface area contributed by atoms with E-state index in [0.717, 1.165) is 21.7 Å². The number of amides is 1. The Hall–Kier alpha value is 0.190. The van der Waals surface area contributed by atoms with E-state index in [9.17, 15) is 4.79 Å². The molecule has 1 aromatic rings. The first-order valence-electron chi connectivity index (χ1n) is 6.27. The summed E-state index contributed by atoms with van der Waals surface area (Å²) in [6, 6.07) is 5.36. The van der Waals surface area contributed by atoms with Crippen LogP contribution >= 0.6 is 50.1 Å². The van der Waals surface area contributed by atoms with Gasteiger partial charge in [-0.1, -0.05) is 41.4 Å². The molecule has 0 aliphatic heterocycles. The molecule has 0 heterocycles. The van der Waals surface area contributed by atoms with Crippen molar-refractivity contribution in [3.63, 3.8) is 0 Å². The van der Waals surface area contributed by atoms with Crippen LogP contribution in [0, 0.1) is 8.99 Å². The SMILES string of the molecule is CCC(CC)(CBr)CNC(=O)c1cc(Cl)ccc1I. The highest BCUT2D eigenvalue weighted by Crippen LogP contribution is 2.28. The van der Waals surface area contributed by atoms with Gasteiger partial charge < -0.3 is 5.32 Å². The molecule has 0 atom stereocenters. The van der Waals surface area contributed by atoms with Gasteiger partial charge in [0.1, 0.15) is 0 Å². The highest BCUT2D eigenvalue weighted by Gasteiger charge is 2.25. The Labute approximate surface area is 141 Å². The Morgan fingerprint density at radius 3 is 2.58 bits per heavy atom. The maximum atomic E-state index is 12.2. The Kier molecular flexibility index (Phi) is 7.11. The monoisotopic (exact) mass is 457 g/mol. The summed E-state index contributed by atoms with van der Waals surface area (Å²) in [5.74, 6) is -0.0564. The molecule has 0 aliphatic carbocycles. The molecule has 2 nitrogen and oxygen atoms in total. The topological polar surface area (TPSA) is 29.1 Å². The van der Waals surface area contributed by atoms with Crippen molar-refractivity contribution < 1.29 is 4.79 Å². The van der Waals surface area contributed by atoms with Crippen LogP contribution in [0.5, 0.6) is 0 Å². The molecule has 0 saturated heterocycles. The lowest BCUT2D eigenvalue weighted by Crippen LogP contribution is -2.38. The summed E-state index contributed by atoms with van der Waals surface area (Å²) >= 11 is 11.6. The maximum absolute atomic E-state index is 12.2. The van der Waals surface area contributed by atoms with Crippen LogP contribution in [0.15, 0.2) is 18.2 Å². The van der Waals surface area contributed by atoms with Crippen molar-refractivity contribution in [2.45, 2.75) is 26.7 Å². The lowest BCUT2D eigenvalue weighted by atomic mass is 9.84. The lowest BCUT2D eigenvalue weighted by molar-refractivity contribution is 0.0931. The summed E-state index contributed by atoms with van der Waals surface area (Å²) < 4.78 is 0.914. The molecule has 0 fully saturated rings. The zero-order valence-corrected chi connectivity index (χ0v) is 15.6. The van der Waals surface area contributed by atoms with Crippen molar-refractivity contribution in [3.05, 3.63) is 32.4 Å². The molecule has 1 aromatic carbocycles. The third-order valence-electron chi connectivity index (χ3n) is 3.58. The molecule has 1 rings (SSSR count). The lowest BCUT2D eigenvalue weighted by Gasteiger charge is -2.29. The first-order chi connectivity index (χ1) is 8.98. The minimum absolute atomic E-state index is 0.0564. The smallest absolute Gasteiger partial charge is 0.252 e. The molecule has 0 aliphatic rings. The summed E-state index contributed by atoms with van der Waals surface area (Å²) in [5, 5.41) is 4.50. The van der Waals surface area contributed by atoms with Crippen LogP contribution in [0.25, 0.3) is 0 Å². The number of carbonyl (C=O) groups is 1. The van der Waals surface area contributed by atoms with Gasteiger partial charge in [0, 0.05) is 20.5 Å². The maximum Gasteiger partial charge on any atom is 0.252 e. The van der Waals surface area contributed by atoms with Gasteiger partial charge >= 0.3 is 0 Å². The van der Waals surface area contributed by atoms with Crippen molar-refractivity contribution in [2.24, 2.45) is 5.41 Å². The molecule has 0 unspecified atom stereocenters. The van der Waals surface area contributed by atoms with Gasteiger partial charge in [0.15, 0.2) is 0 Å². The van der Waals surface area contributed by atoms with Crippen molar-refractivity contribution >= 4 is 56.0 Å². The van der Waals surface area contributed by atoms with Gasteiger partial charge in [-0.15, -0.1) is 0 Å². The van der Waals surface area contributed by atoms with Crippen molar-refractivity contribution in [1.82, 2.24) is 5.32 Å². The summed E-state index contributed by atoms with van der Waals surface area (Å²) in [7, 11) is 0. The number of hydrogen-bond donors (Lipinski definition) is 1. The van der Waals surface area contributed by atoms with Gasteiger partial charge in [0.2, 0.25) is 0 Å². The van der Waals surface area contributed by atoms with Gasteiger partial charge in [-0.05, 0) is 59.0 Å². The predicted molar refractivity (Wildman–Crippen MR) is 93.3 cm³/mol. The average molecular weight is 459 g/mol. The molecular formula is C14H18BrClINO. The van der Waals surface area contributed by atoms with Gasteiger partial charge in [0.25, 0.3) is 5.91 Å². The molecule has 0 spiro atoms. The highest BCUT2D eigenvalue weighted by molar-refractivity contribution is 14.1. The van der Waals surface area contributed by atoms with E-state index in [2.05, 4.69) is 57.7 Å². The second kappa shape index (κ2) is 7.84. The molecule has 0 aromatic heterocycles. The normalized spacial score (nSPS) is 11.4. The van der Waals surface area contributed by atoms with Crippen LogP contribution in [0.4, 0.5) is 0 Å². The first-order valence-corrected chi connectivity index (χ1v) is 8.85. The van der Waals surface area contributed by atoms with Gasteiger partial charge in [-0.3, -0.25) is 4.79 Å². The fourth-order valence-electron chi connectivity index (χ4n) is 1.77. The second-order valence-electron chi connectivity index (χ2n) is 4.65.